The van der Waals surface area contributed by atoms with Crippen molar-refractivity contribution in [3.63, 3.8) is 0 Å². The van der Waals surface area contributed by atoms with Crippen molar-refractivity contribution in [2.75, 3.05) is 25.6 Å². The molecule has 1 heterocycles. The molecule has 1 unspecified atom stereocenters. The number of halogens is 1. The van der Waals surface area contributed by atoms with Crippen LogP contribution in [0.3, 0.4) is 0 Å². The Morgan fingerprint density at radius 3 is 2.69 bits per heavy atom. The molecule has 1 aromatic rings. The molecule has 0 bridgehead atoms. The molecular weight excluding hydrogens is 317 g/mol. The van der Waals surface area contributed by atoms with Crippen LogP contribution in [-0.2, 0) is 4.74 Å². The highest BCUT2D eigenvalue weighted by Gasteiger charge is 2.13. The lowest BCUT2D eigenvalue weighted by Crippen LogP contribution is -2.12. The SMILES string of the molecule is CCNc1nc(C(C)COC)nc(C)c1I. The maximum Gasteiger partial charge on any atom is 0.143 e. The number of hydrogen-bond donors (Lipinski definition) is 1. The molecule has 0 aliphatic rings. The van der Waals surface area contributed by atoms with Crippen LogP contribution in [0.2, 0.25) is 0 Å². The molecule has 0 amide bonds. The van der Waals surface area contributed by atoms with Gasteiger partial charge in [0, 0.05) is 19.6 Å². The van der Waals surface area contributed by atoms with E-state index >= 15 is 0 Å². The van der Waals surface area contributed by atoms with E-state index in [-0.39, 0.29) is 5.92 Å². The van der Waals surface area contributed by atoms with E-state index in [4.69, 9.17) is 4.74 Å². The molecule has 0 aromatic carbocycles. The van der Waals surface area contributed by atoms with Crippen molar-refractivity contribution in [3.05, 3.63) is 15.1 Å². The van der Waals surface area contributed by atoms with Gasteiger partial charge in [-0.05, 0) is 36.4 Å². The van der Waals surface area contributed by atoms with Gasteiger partial charge >= 0.3 is 0 Å². The van der Waals surface area contributed by atoms with E-state index in [1.165, 1.54) is 0 Å². The topological polar surface area (TPSA) is 47.0 Å². The number of rotatable bonds is 5. The maximum atomic E-state index is 5.13. The third-order valence-corrected chi connectivity index (χ3v) is 3.53. The Labute approximate surface area is 110 Å². The largest absolute Gasteiger partial charge is 0.384 e. The summed E-state index contributed by atoms with van der Waals surface area (Å²) in [4.78, 5) is 9.03. The van der Waals surface area contributed by atoms with Gasteiger partial charge in [-0.3, -0.25) is 0 Å². The van der Waals surface area contributed by atoms with Crippen molar-refractivity contribution in [1.29, 1.82) is 0 Å². The Hall–Kier alpha value is -0.430. The van der Waals surface area contributed by atoms with Crippen molar-refractivity contribution in [1.82, 2.24) is 9.97 Å². The van der Waals surface area contributed by atoms with Crippen LogP contribution >= 0.6 is 22.6 Å². The lowest BCUT2D eigenvalue weighted by atomic mass is 10.2. The number of nitrogens with zero attached hydrogens (tertiary/aromatic N) is 2. The Morgan fingerprint density at radius 1 is 1.44 bits per heavy atom. The highest BCUT2D eigenvalue weighted by Crippen LogP contribution is 2.21. The van der Waals surface area contributed by atoms with Crippen LogP contribution in [0.5, 0.6) is 0 Å². The second-order valence-corrected chi connectivity index (χ2v) is 4.80. The van der Waals surface area contributed by atoms with E-state index in [1.807, 2.05) is 6.92 Å². The third-order valence-electron chi connectivity index (χ3n) is 2.24. The summed E-state index contributed by atoms with van der Waals surface area (Å²) in [5.41, 5.74) is 1.02. The van der Waals surface area contributed by atoms with Crippen LogP contribution in [-0.4, -0.2) is 30.2 Å². The van der Waals surface area contributed by atoms with Gasteiger partial charge < -0.3 is 10.1 Å². The minimum Gasteiger partial charge on any atom is -0.384 e. The van der Waals surface area contributed by atoms with E-state index in [1.54, 1.807) is 7.11 Å². The number of aryl methyl sites for hydroxylation is 1. The van der Waals surface area contributed by atoms with Crippen molar-refractivity contribution < 1.29 is 4.74 Å². The van der Waals surface area contributed by atoms with Gasteiger partial charge in [0.15, 0.2) is 0 Å². The second kappa shape index (κ2) is 6.34. The summed E-state index contributed by atoms with van der Waals surface area (Å²) in [6.45, 7) is 7.65. The first kappa shape index (κ1) is 13.6. The lowest BCUT2D eigenvalue weighted by Gasteiger charge is -2.13. The van der Waals surface area contributed by atoms with Crippen molar-refractivity contribution >= 4 is 28.4 Å². The molecule has 0 aliphatic carbocycles. The molecule has 0 radical (unpaired) electrons. The zero-order chi connectivity index (χ0) is 12.1. The molecule has 1 rings (SSSR count). The quantitative estimate of drug-likeness (QED) is 0.841. The van der Waals surface area contributed by atoms with Crippen molar-refractivity contribution in [2.24, 2.45) is 0 Å². The predicted octanol–water partition coefficient (Wildman–Crippen LogP) is 2.57. The fourth-order valence-corrected chi connectivity index (χ4v) is 1.84. The molecule has 16 heavy (non-hydrogen) atoms. The van der Waals surface area contributed by atoms with Gasteiger partial charge in [0.2, 0.25) is 0 Å². The highest BCUT2D eigenvalue weighted by molar-refractivity contribution is 14.1. The van der Waals surface area contributed by atoms with Crippen LogP contribution in [0.15, 0.2) is 0 Å². The van der Waals surface area contributed by atoms with Gasteiger partial charge in [0.1, 0.15) is 11.6 Å². The molecule has 0 aliphatic heterocycles. The third kappa shape index (κ3) is 3.28. The number of ether oxygens (including phenoxy) is 1. The number of hydrogen-bond acceptors (Lipinski definition) is 4. The monoisotopic (exact) mass is 335 g/mol. The zero-order valence-corrected chi connectivity index (χ0v) is 12.3. The first-order valence-electron chi connectivity index (χ1n) is 5.37. The summed E-state index contributed by atoms with van der Waals surface area (Å²) in [5.74, 6) is 1.99. The molecule has 5 heteroatoms. The smallest absolute Gasteiger partial charge is 0.143 e. The summed E-state index contributed by atoms with van der Waals surface area (Å²) >= 11 is 2.27. The molecule has 0 spiro atoms. The number of aromatic nitrogens is 2. The van der Waals surface area contributed by atoms with Crippen molar-refractivity contribution in [3.8, 4) is 0 Å². The summed E-state index contributed by atoms with van der Waals surface area (Å²) in [6.07, 6.45) is 0. The average Bonchev–Trinajstić information content (AvgIpc) is 2.25. The number of anilines is 1. The molecule has 0 fully saturated rings. The van der Waals surface area contributed by atoms with Crippen LogP contribution in [0, 0.1) is 10.5 Å². The van der Waals surface area contributed by atoms with Gasteiger partial charge in [0.05, 0.1) is 15.9 Å². The molecule has 90 valence electrons. The van der Waals surface area contributed by atoms with Gasteiger partial charge in [-0.2, -0.15) is 0 Å². The molecule has 0 saturated carbocycles. The Morgan fingerprint density at radius 2 is 2.12 bits per heavy atom. The summed E-state index contributed by atoms with van der Waals surface area (Å²) in [5, 5.41) is 3.25. The van der Waals surface area contributed by atoms with E-state index in [0.29, 0.717) is 6.61 Å². The Balaban J connectivity index is 3.03. The van der Waals surface area contributed by atoms with Gasteiger partial charge in [-0.25, -0.2) is 9.97 Å². The Kier molecular flexibility index (Phi) is 5.40. The molecular formula is C11H18IN3O. The zero-order valence-electron chi connectivity index (χ0n) is 10.2. The molecule has 1 N–H and O–H groups in total. The summed E-state index contributed by atoms with van der Waals surface area (Å²) in [6, 6.07) is 0. The van der Waals surface area contributed by atoms with Gasteiger partial charge in [-0.1, -0.05) is 6.92 Å². The number of nitrogens with one attached hydrogen (secondary N) is 1. The molecule has 0 saturated heterocycles. The normalized spacial score (nSPS) is 12.6. The minimum absolute atomic E-state index is 0.220. The molecule has 1 atom stereocenters. The highest BCUT2D eigenvalue weighted by atomic mass is 127. The van der Waals surface area contributed by atoms with Crippen LogP contribution < -0.4 is 5.32 Å². The first-order valence-corrected chi connectivity index (χ1v) is 6.44. The van der Waals surface area contributed by atoms with Gasteiger partial charge in [-0.15, -0.1) is 0 Å². The first-order chi connectivity index (χ1) is 7.60. The van der Waals surface area contributed by atoms with Gasteiger partial charge in [0.25, 0.3) is 0 Å². The molecule has 4 nitrogen and oxygen atoms in total. The summed E-state index contributed by atoms with van der Waals surface area (Å²) in [7, 11) is 1.70. The van der Waals surface area contributed by atoms with Crippen LogP contribution in [0.4, 0.5) is 5.82 Å². The van der Waals surface area contributed by atoms with E-state index in [0.717, 1.165) is 27.5 Å². The average molecular weight is 335 g/mol. The van der Waals surface area contributed by atoms with Crippen LogP contribution in [0.1, 0.15) is 31.3 Å². The minimum atomic E-state index is 0.220. The number of methoxy groups -OCH3 is 1. The van der Waals surface area contributed by atoms with Crippen LogP contribution in [0.25, 0.3) is 0 Å². The van der Waals surface area contributed by atoms with E-state index in [2.05, 4.69) is 51.7 Å². The summed E-state index contributed by atoms with van der Waals surface area (Å²) < 4.78 is 6.22. The fourth-order valence-electron chi connectivity index (χ4n) is 1.41. The second-order valence-electron chi connectivity index (χ2n) is 3.72. The predicted molar refractivity (Wildman–Crippen MR) is 73.9 cm³/mol. The molecule has 1 aromatic heterocycles. The lowest BCUT2D eigenvalue weighted by molar-refractivity contribution is 0.181. The van der Waals surface area contributed by atoms with E-state index < -0.39 is 0 Å². The van der Waals surface area contributed by atoms with E-state index in [9.17, 15) is 0 Å². The maximum absolute atomic E-state index is 5.13. The van der Waals surface area contributed by atoms with Crippen molar-refractivity contribution in [2.45, 2.75) is 26.7 Å². The Bertz CT molecular complexity index is 357. The fraction of sp³-hybridized carbons (Fsp3) is 0.636. The standard InChI is InChI=1S/C11H18IN3O/c1-5-13-11-9(12)8(3)14-10(15-11)7(2)6-16-4/h7H,5-6H2,1-4H3,(H,13,14,15).